The lowest BCUT2D eigenvalue weighted by Crippen LogP contribution is -2.27. The van der Waals surface area contributed by atoms with Crippen LogP contribution in [0.1, 0.15) is 37.2 Å². The van der Waals surface area contributed by atoms with E-state index < -0.39 is 6.10 Å². The average Bonchev–Trinajstić information content (AvgIpc) is 2.42. The fourth-order valence-corrected chi connectivity index (χ4v) is 2.95. The predicted molar refractivity (Wildman–Crippen MR) is 74.4 cm³/mol. The van der Waals surface area contributed by atoms with Crippen molar-refractivity contribution in [2.24, 2.45) is 0 Å². The largest absolute Gasteiger partial charge is 0.496 e. The van der Waals surface area contributed by atoms with Gasteiger partial charge in [0.1, 0.15) is 11.9 Å². The van der Waals surface area contributed by atoms with Crippen molar-refractivity contribution in [3.05, 3.63) is 41.5 Å². The summed E-state index contributed by atoms with van der Waals surface area (Å²) in [5.74, 6) is 0.812. The van der Waals surface area contributed by atoms with Gasteiger partial charge in [-0.25, -0.2) is 0 Å². The smallest absolute Gasteiger partial charge is 0.132 e. The Bertz CT molecular complexity index is 621. The molecule has 3 nitrogen and oxygen atoms in total. The normalized spacial score (nSPS) is 26.2. The summed E-state index contributed by atoms with van der Waals surface area (Å²) in [6, 6.07) is 10.1. The first kappa shape index (κ1) is 12.5. The van der Waals surface area contributed by atoms with Crippen LogP contribution in [0.15, 0.2) is 30.3 Å². The zero-order chi connectivity index (χ0) is 13.6. The van der Waals surface area contributed by atoms with Crippen molar-refractivity contribution in [3.63, 3.8) is 0 Å². The highest BCUT2D eigenvalue weighted by Gasteiger charge is 2.33. The number of fused-ring (bicyclic) bond motifs is 2. The molecule has 0 saturated carbocycles. The molecule has 19 heavy (non-hydrogen) atoms. The maximum atomic E-state index is 10.3. The summed E-state index contributed by atoms with van der Waals surface area (Å²) in [5.41, 5.74) is 1.88. The molecule has 2 aromatic carbocycles. The Morgan fingerprint density at radius 2 is 1.95 bits per heavy atom. The molecule has 100 valence electrons. The predicted octanol–water partition coefficient (Wildman–Crippen LogP) is 3.36. The number of methoxy groups -OCH3 is 1. The van der Waals surface area contributed by atoms with Crippen molar-refractivity contribution in [2.45, 2.75) is 32.2 Å². The molecular weight excluding hydrogens is 240 g/mol. The lowest BCUT2D eigenvalue weighted by atomic mass is 9.89. The van der Waals surface area contributed by atoms with Crippen LogP contribution in [0.3, 0.4) is 0 Å². The van der Waals surface area contributed by atoms with E-state index in [2.05, 4.69) is 0 Å². The SMILES string of the molecule is COc1c2c(cc3ccccc13)[C@H](O)[C@@H](C)O[C@@H]2C. The van der Waals surface area contributed by atoms with Crippen molar-refractivity contribution in [1.82, 2.24) is 0 Å². The van der Waals surface area contributed by atoms with Gasteiger partial charge in [-0.15, -0.1) is 0 Å². The van der Waals surface area contributed by atoms with Gasteiger partial charge in [-0.1, -0.05) is 24.3 Å². The third-order valence-electron chi connectivity index (χ3n) is 3.86. The second kappa shape index (κ2) is 4.51. The Morgan fingerprint density at radius 3 is 2.68 bits per heavy atom. The minimum atomic E-state index is -0.607. The van der Waals surface area contributed by atoms with Crippen molar-refractivity contribution in [1.29, 1.82) is 0 Å². The fraction of sp³-hybridized carbons (Fsp3) is 0.375. The van der Waals surface area contributed by atoms with Gasteiger partial charge < -0.3 is 14.6 Å². The topological polar surface area (TPSA) is 38.7 Å². The first-order valence-corrected chi connectivity index (χ1v) is 6.56. The molecule has 1 aliphatic heterocycles. The van der Waals surface area contributed by atoms with E-state index in [9.17, 15) is 5.11 Å². The monoisotopic (exact) mass is 258 g/mol. The second-order valence-electron chi connectivity index (χ2n) is 5.06. The molecule has 2 aromatic rings. The number of rotatable bonds is 1. The van der Waals surface area contributed by atoms with Gasteiger partial charge in [-0.05, 0) is 30.9 Å². The van der Waals surface area contributed by atoms with E-state index in [4.69, 9.17) is 9.47 Å². The average molecular weight is 258 g/mol. The van der Waals surface area contributed by atoms with Crippen LogP contribution in [0.25, 0.3) is 10.8 Å². The van der Waals surface area contributed by atoms with E-state index in [1.807, 2.05) is 44.2 Å². The maximum absolute atomic E-state index is 10.3. The van der Waals surface area contributed by atoms with E-state index in [0.717, 1.165) is 27.6 Å². The van der Waals surface area contributed by atoms with Crippen molar-refractivity contribution in [3.8, 4) is 5.75 Å². The number of aliphatic hydroxyl groups is 1. The second-order valence-corrected chi connectivity index (χ2v) is 5.06. The Balaban J connectivity index is 2.36. The van der Waals surface area contributed by atoms with Crippen LogP contribution < -0.4 is 4.74 Å². The third kappa shape index (κ3) is 1.81. The van der Waals surface area contributed by atoms with Crippen LogP contribution in [0.5, 0.6) is 5.75 Å². The molecule has 0 fully saturated rings. The maximum Gasteiger partial charge on any atom is 0.132 e. The van der Waals surface area contributed by atoms with E-state index in [-0.39, 0.29) is 12.2 Å². The minimum Gasteiger partial charge on any atom is -0.496 e. The standard InChI is InChI=1S/C16H18O3/c1-9-14-13(15(17)10(2)19-9)8-11-6-4-5-7-12(11)16(14)18-3/h4-10,15,17H,1-3H3/t9-,10-,15-/m1/s1. The quantitative estimate of drug-likeness (QED) is 0.852. The lowest BCUT2D eigenvalue weighted by molar-refractivity contribution is -0.0814. The summed E-state index contributed by atoms with van der Waals surface area (Å²) in [6.07, 6.45) is -0.883. The van der Waals surface area contributed by atoms with Gasteiger partial charge in [-0.2, -0.15) is 0 Å². The number of ether oxygens (including phenoxy) is 2. The first-order valence-electron chi connectivity index (χ1n) is 6.56. The van der Waals surface area contributed by atoms with Gasteiger partial charge in [0.25, 0.3) is 0 Å². The Hall–Kier alpha value is -1.58. The summed E-state index contributed by atoms with van der Waals surface area (Å²) in [4.78, 5) is 0. The molecule has 0 radical (unpaired) electrons. The number of aliphatic hydroxyl groups excluding tert-OH is 1. The molecule has 1 N–H and O–H groups in total. The zero-order valence-corrected chi connectivity index (χ0v) is 11.4. The summed E-state index contributed by atoms with van der Waals surface area (Å²) < 4.78 is 11.4. The Morgan fingerprint density at radius 1 is 1.21 bits per heavy atom. The summed E-state index contributed by atoms with van der Waals surface area (Å²) in [5, 5.41) is 12.5. The summed E-state index contributed by atoms with van der Waals surface area (Å²) in [6.45, 7) is 3.89. The molecule has 0 aliphatic carbocycles. The molecule has 1 heterocycles. The third-order valence-corrected chi connectivity index (χ3v) is 3.86. The van der Waals surface area contributed by atoms with Gasteiger partial charge in [0.2, 0.25) is 0 Å². The van der Waals surface area contributed by atoms with Crippen LogP contribution in [0.4, 0.5) is 0 Å². The van der Waals surface area contributed by atoms with Crippen molar-refractivity contribution >= 4 is 10.8 Å². The van der Waals surface area contributed by atoms with Crippen LogP contribution in [-0.2, 0) is 4.74 Å². The Kier molecular flexibility index (Phi) is 2.96. The molecule has 0 aromatic heterocycles. The van der Waals surface area contributed by atoms with E-state index in [1.165, 1.54) is 0 Å². The molecule has 1 aliphatic rings. The highest BCUT2D eigenvalue weighted by Crippen LogP contribution is 2.44. The molecule has 0 spiro atoms. The summed E-state index contributed by atoms with van der Waals surface area (Å²) in [7, 11) is 1.67. The summed E-state index contributed by atoms with van der Waals surface area (Å²) >= 11 is 0. The minimum absolute atomic E-state index is 0.0760. The van der Waals surface area contributed by atoms with Crippen LogP contribution in [-0.4, -0.2) is 18.3 Å². The molecule has 3 heteroatoms. The molecular formula is C16H18O3. The van der Waals surface area contributed by atoms with Gasteiger partial charge >= 0.3 is 0 Å². The molecule has 0 saturated heterocycles. The van der Waals surface area contributed by atoms with E-state index in [1.54, 1.807) is 7.11 Å². The lowest BCUT2D eigenvalue weighted by Gasteiger charge is -2.34. The van der Waals surface area contributed by atoms with E-state index in [0.29, 0.717) is 0 Å². The van der Waals surface area contributed by atoms with Crippen LogP contribution >= 0.6 is 0 Å². The molecule has 0 bridgehead atoms. The zero-order valence-electron chi connectivity index (χ0n) is 11.4. The first-order chi connectivity index (χ1) is 9.13. The van der Waals surface area contributed by atoms with Gasteiger partial charge in [0.05, 0.1) is 19.3 Å². The number of hydrogen-bond donors (Lipinski definition) is 1. The Labute approximate surface area is 112 Å². The van der Waals surface area contributed by atoms with Crippen LogP contribution in [0.2, 0.25) is 0 Å². The van der Waals surface area contributed by atoms with Gasteiger partial charge in [-0.3, -0.25) is 0 Å². The van der Waals surface area contributed by atoms with Gasteiger partial charge in [0.15, 0.2) is 0 Å². The van der Waals surface area contributed by atoms with Crippen LogP contribution in [0, 0.1) is 0 Å². The van der Waals surface area contributed by atoms with Crippen molar-refractivity contribution in [2.75, 3.05) is 7.11 Å². The van der Waals surface area contributed by atoms with Crippen molar-refractivity contribution < 1.29 is 14.6 Å². The molecule has 0 unspecified atom stereocenters. The van der Waals surface area contributed by atoms with Gasteiger partial charge in [0, 0.05) is 10.9 Å². The highest BCUT2D eigenvalue weighted by molar-refractivity contribution is 5.91. The fourth-order valence-electron chi connectivity index (χ4n) is 2.95. The highest BCUT2D eigenvalue weighted by atomic mass is 16.5. The van der Waals surface area contributed by atoms with E-state index >= 15 is 0 Å². The molecule has 3 rings (SSSR count). The molecule has 0 amide bonds. The number of hydrogen-bond acceptors (Lipinski definition) is 3. The molecule has 3 atom stereocenters. The number of benzene rings is 2.